The standard InChI is InChI=1S/C29H33ClN4O/c1-17-31-25-8-6-5-7-21(25)26(32-17)23-14-22(23)18-9-10-20(24(30)13-18)27(35)34(4)19-15-28(2)11-12-29(3,16-19)33-28/h5-10,13,19,22-23,33H,11-12,14-16H2,1-4H3/t19?,22?,23?,28-,29+. The van der Waals surface area contributed by atoms with E-state index in [9.17, 15) is 4.79 Å². The maximum atomic E-state index is 13.5. The van der Waals surface area contributed by atoms with Gasteiger partial charge >= 0.3 is 0 Å². The highest BCUT2D eigenvalue weighted by molar-refractivity contribution is 6.33. The molecule has 3 aliphatic rings. The van der Waals surface area contributed by atoms with Crippen LogP contribution in [0.15, 0.2) is 42.5 Å². The van der Waals surface area contributed by atoms with Crippen LogP contribution in [0.3, 0.4) is 0 Å². The molecule has 3 heterocycles. The third-order valence-electron chi connectivity index (χ3n) is 8.61. The Morgan fingerprint density at radius 1 is 1.06 bits per heavy atom. The number of nitrogens with one attached hydrogen (secondary N) is 1. The molecular weight excluding hydrogens is 456 g/mol. The van der Waals surface area contributed by atoms with Gasteiger partial charge in [-0.25, -0.2) is 9.97 Å². The van der Waals surface area contributed by atoms with Crippen LogP contribution in [-0.4, -0.2) is 44.9 Å². The Balaban J connectivity index is 1.21. The quantitative estimate of drug-likeness (QED) is 0.489. The summed E-state index contributed by atoms with van der Waals surface area (Å²) in [6, 6.07) is 14.5. The van der Waals surface area contributed by atoms with Gasteiger partial charge in [-0.3, -0.25) is 4.79 Å². The van der Waals surface area contributed by atoms with Gasteiger partial charge in [0.05, 0.1) is 21.8 Å². The van der Waals surface area contributed by atoms with E-state index in [0.29, 0.717) is 22.4 Å². The van der Waals surface area contributed by atoms with E-state index in [1.807, 2.05) is 49.2 Å². The minimum atomic E-state index is 0.0183. The van der Waals surface area contributed by atoms with Gasteiger partial charge in [-0.05, 0) is 82.6 Å². The first-order valence-corrected chi connectivity index (χ1v) is 13.1. The van der Waals surface area contributed by atoms with Gasteiger partial charge in [0.25, 0.3) is 5.91 Å². The monoisotopic (exact) mass is 488 g/mol. The van der Waals surface area contributed by atoms with Crippen LogP contribution in [0.4, 0.5) is 0 Å². The molecule has 1 N–H and O–H groups in total. The second kappa shape index (κ2) is 8.01. The van der Waals surface area contributed by atoms with E-state index in [0.717, 1.165) is 41.7 Å². The molecule has 35 heavy (non-hydrogen) atoms. The van der Waals surface area contributed by atoms with E-state index >= 15 is 0 Å². The number of aryl methyl sites for hydroxylation is 1. The lowest BCUT2D eigenvalue weighted by Crippen LogP contribution is -2.59. The van der Waals surface area contributed by atoms with E-state index in [1.165, 1.54) is 18.4 Å². The van der Waals surface area contributed by atoms with Crippen molar-refractivity contribution >= 4 is 28.4 Å². The van der Waals surface area contributed by atoms with Crippen molar-refractivity contribution in [1.82, 2.24) is 20.2 Å². The minimum absolute atomic E-state index is 0.0183. The average molecular weight is 489 g/mol. The average Bonchev–Trinajstić information content (AvgIpc) is 3.58. The van der Waals surface area contributed by atoms with Gasteiger partial charge in [-0.1, -0.05) is 35.9 Å². The van der Waals surface area contributed by atoms with Crippen molar-refractivity contribution in [3.8, 4) is 0 Å². The zero-order valence-electron chi connectivity index (χ0n) is 20.9. The number of aromatic nitrogens is 2. The summed E-state index contributed by atoms with van der Waals surface area (Å²) < 4.78 is 0. The van der Waals surface area contributed by atoms with E-state index in [4.69, 9.17) is 16.6 Å². The molecule has 2 saturated heterocycles. The predicted molar refractivity (Wildman–Crippen MR) is 140 cm³/mol. The third-order valence-corrected chi connectivity index (χ3v) is 8.92. The molecule has 3 aromatic rings. The Morgan fingerprint density at radius 3 is 2.49 bits per heavy atom. The smallest absolute Gasteiger partial charge is 0.255 e. The van der Waals surface area contributed by atoms with Gasteiger partial charge in [0.2, 0.25) is 0 Å². The number of para-hydroxylation sites is 1. The van der Waals surface area contributed by atoms with Crippen LogP contribution in [0.2, 0.25) is 5.02 Å². The number of rotatable bonds is 4. The van der Waals surface area contributed by atoms with Crippen LogP contribution < -0.4 is 5.32 Å². The maximum Gasteiger partial charge on any atom is 0.255 e. The summed E-state index contributed by atoms with van der Waals surface area (Å²) in [5.41, 5.74) is 4.13. The summed E-state index contributed by atoms with van der Waals surface area (Å²) in [5, 5.41) is 5.48. The predicted octanol–water partition coefficient (Wildman–Crippen LogP) is 6.00. The SMILES string of the molecule is Cc1nc(C2CC2c2ccc(C(=O)N(C)C3C[C@]4(C)CC[C@](C)(C3)N4)c(Cl)c2)c2ccccc2n1. The molecule has 1 aliphatic carbocycles. The molecule has 6 heteroatoms. The van der Waals surface area contributed by atoms with Crippen LogP contribution in [0.5, 0.6) is 0 Å². The largest absolute Gasteiger partial charge is 0.339 e. The molecule has 3 fully saturated rings. The summed E-state index contributed by atoms with van der Waals surface area (Å²) in [6.45, 7) is 6.54. The van der Waals surface area contributed by atoms with Crippen LogP contribution in [-0.2, 0) is 0 Å². The normalized spacial score (nSPS) is 31.5. The highest BCUT2D eigenvalue weighted by Crippen LogP contribution is 2.55. The third kappa shape index (κ3) is 4.03. The Hall–Kier alpha value is -2.50. The van der Waals surface area contributed by atoms with Crippen LogP contribution >= 0.6 is 11.6 Å². The lowest BCUT2D eigenvalue weighted by molar-refractivity contribution is 0.0597. The number of carbonyl (C=O) groups is 1. The Morgan fingerprint density at radius 2 is 1.77 bits per heavy atom. The molecule has 182 valence electrons. The lowest BCUT2D eigenvalue weighted by atomic mass is 9.84. The van der Waals surface area contributed by atoms with Crippen molar-refractivity contribution in [2.24, 2.45) is 0 Å². The molecule has 2 bridgehead atoms. The van der Waals surface area contributed by atoms with Crippen molar-refractivity contribution in [2.45, 2.75) is 81.8 Å². The molecule has 5 atom stereocenters. The zero-order valence-corrected chi connectivity index (χ0v) is 21.7. The second-order valence-corrected chi connectivity index (χ2v) is 12.0. The summed E-state index contributed by atoms with van der Waals surface area (Å²) in [4.78, 5) is 24.8. The molecular formula is C29H33ClN4O. The van der Waals surface area contributed by atoms with Crippen LogP contribution in [0.1, 0.15) is 85.2 Å². The molecule has 1 aromatic heterocycles. The zero-order chi connectivity index (χ0) is 24.5. The topological polar surface area (TPSA) is 58.1 Å². The fourth-order valence-corrected chi connectivity index (χ4v) is 7.03. The van der Waals surface area contributed by atoms with Crippen molar-refractivity contribution in [1.29, 1.82) is 0 Å². The van der Waals surface area contributed by atoms with Gasteiger partial charge in [-0.2, -0.15) is 0 Å². The fourth-order valence-electron chi connectivity index (χ4n) is 6.76. The van der Waals surface area contributed by atoms with Gasteiger partial charge in [0.1, 0.15) is 5.82 Å². The molecule has 2 aliphatic heterocycles. The van der Waals surface area contributed by atoms with Crippen LogP contribution in [0.25, 0.3) is 10.9 Å². The van der Waals surface area contributed by atoms with Gasteiger partial charge < -0.3 is 10.2 Å². The molecule has 5 nitrogen and oxygen atoms in total. The number of hydrogen-bond acceptors (Lipinski definition) is 4. The Bertz CT molecular complexity index is 1320. The second-order valence-electron chi connectivity index (χ2n) is 11.6. The van der Waals surface area contributed by atoms with E-state index in [-0.39, 0.29) is 23.0 Å². The molecule has 3 unspecified atom stereocenters. The number of benzene rings is 2. The molecule has 1 amide bonds. The first kappa shape index (κ1) is 22.9. The molecule has 0 radical (unpaired) electrons. The fraction of sp³-hybridized carbons (Fsp3) is 0.483. The maximum absolute atomic E-state index is 13.5. The highest BCUT2D eigenvalue weighted by Gasteiger charge is 2.50. The molecule has 6 rings (SSSR count). The number of nitrogens with zero attached hydrogens (tertiary/aromatic N) is 3. The van der Waals surface area contributed by atoms with E-state index in [1.54, 1.807) is 0 Å². The minimum Gasteiger partial charge on any atom is -0.339 e. The van der Waals surface area contributed by atoms with Crippen molar-refractivity contribution in [3.05, 3.63) is 70.1 Å². The highest BCUT2D eigenvalue weighted by atomic mass is 35.5. The summed E-state index contributed by atoms with van der Waals surface area (Å²) in [7, 11) is 1.94. The Labute approximate surface area is 212 Å². The number of fused-ring (bicyclic) bond motifs is 3. The summed E-state index contributed by atoms with van der Waals surface area (Å²) >= 11 is 6.73. The van der Waals surface area contributed by atoms with Gasteiger partial charge in [-0.15, -0.1) is 0 Å². The van der Waals surface area contributed by atoms with Crippen molar-refractivity contribution in [3.63, 3.8) is 0 Å². The number of amides is 1. The number of halogens is 1. The first-order chi connectivity index (χ1) is 16.6. The van der Waals surface area contributed by atoms with Crippen molar-refractivity contribution < 1.29 is 4.79 Å². The Kier molecular flexibility index (Phi) is 5.25. The molecule has 2 aromatic carbocycles. The van der Waals surface area contributed by atoms with Crippen LogP contribution in [0, 0.1) is 6.92 Å². The van der Waals surface area contributed by atoms with E-state index in [2.05, 4.69) is 36.3 Å². The number of carbonyl (C=O) groups excluding carboxylic acids is 1. The molecule has 0 spiro atoms. The number of hydrogen-bond donors (Lipinski definition) is 1. The van der Waals surface area contributed by atoms with E-state index < -0.39 is 0 Å². The van der Waals surface area contributed by atoms with Crippen molar-refractivity contribution in [2.75, 3.05) is 7.05 Å². The summed E-state index contributed by atoms with van der Waals surface area (Å²) in [6.07, 6.45) is 5.34. The molecule has 1 saturated carbocycles. The lowest BCUT2D eigenvalue weighted by Gasteiger charge is -2.45. The van der Waals surface area contributed by atoms with Gasteiger partial charge in [0, 0.05) is 35.5 Å². The van der Waals surface area contributed by atoms with Gasteiger partial charge in [0.15, 0.2) is 0 Å². The first-order valence-electron chi connectivity index (χ1n) is 12.7. The summed E-state index contributed by atoms with van der Waals surface area (Å²) in [5.74, 6) is 1.55. The number of piperidine rings is 1.